The van der Waals surface area contributed by atoms with E-state index in [1.807, 2.05) is 0 Å². The van der Waals surface area contributed by atoms with Crippen molar-refractivity contribution in [3.05, 3.63) is 0 Å². The van der Waals surface area contributed by atoms with Crippen LogP contribution in [-0.4, -0.2) is 47.6 Å². The maximum Gasteiger partial charge on any atom is 0.0253 e. The molecule has 2 heteroatoms. The molecule has 108 valence electrons. The largest absolute Gasteiger partial charge is 0.299 e. The summed E-state index contributed by atoms with van der Waals surface area (Å²) >= 11 is 0. The molecule has 0 aromatic heterocycles. The molecule has 3 aliphatic heterocycles. The highest BCUT2D eigenvalue weighted by Crippen LogP contribution is 2.35. The SMILES string of the molecule is C.CC(C)C1CN2CC(C(C)C)N1C(C(C)C)C2. The molecule has 0 aromatic carbocycles. The van der Waals surface area contributed by atoms with Gasteiger partial charge in [-0.15, -0.1) is 0 Å². The van der Waals surface area contributed by atoms with Gasteiger partial charge < -0.3 is 0 Å². The molecule has 0 N–H and O–H groups in total. The second-order valence-corrected chi connectivity index (χ2v) is 7.10. The molecule has 2 bridgehead atoms. The highest BCUT2D eigenvalue weighted by atomic mass is 15.4. The summed E-state index contributed by atoms with van der Waals surface area (Å²) in [6.45, 7) is 18.2. The van der Waals surface area contributed by atoms with Crippen LogP contribution in [0.3, 0.4) is 0 Å². The van der Waals surface area contributed by atoms with E-state index >= 15 is 0 Å². The minimum atomic E-state index is 0. The van der Waals surface area contributed by atoms with Gasteiger partial charge >= 0.3 is 0 Å². The van der Waals surface area contributed by atoms with Crippen molar-refractivity contribution in [2.24, 2.45) is 17.8 Å². The summed E-state index contributed by atoms with van der Waals surface area (Å²) in [7, 11) is 0. The molecule has 3 unspecified atom stereocenters. The topological polar surface area (TPSA) is 6.48 Å². The molecular formula is C16H34N2. The average molecular weight is 254 g/mol. The van der Waals surface area contributed by atoms with E-state index in [9.17, 15) is 0 Å². The first-order valence-corrected chi connectivity index (χ1v) is 7.41. The van der Waals surface area contributed by atoms with Crippen LogP contribution in [0.15, 0.2) is 0 Å². The Labute approximate surface area is 115 Å². The first-order chi connectivity index (χ1) is 7.91. The van der Waals surface area contributed by atoms with Crippen LogP contribution in [0.25, 0.3) is 0 Å². The Hall–Kier alpha value is -0.0800. The molecule has 0 spiro atoms. The molecule has 18 heavy (non-hydrogen) atoms. The fraction of sp³-hybridized carbons (Fsp3) is 1.00. The van der Waals surface area contributed by atoms with E-state index in [0.717, 1.165) is 35.9 Å². The van der Waals surface area contributed by atoms with Gasteiger partial charge in [0.15, 0.2) is 0 Å². The lowest BCUT2D eigenvalue weighted by Crippen LogP contribution is -2.73. The Morgan fingerprint density at radius 3 is 1.17 bits per heavy atom. The smallest absolute Gasteiger partial charge is 0.0253 e. The van der Waals surface area contributed by atoms with Crippen molar-refractivity contribution < 1.29 is 0 Å². The summed E-state index contributed by atoms with van der Waals surface area (Å²) in [5, 5.41) is 0. The Morgan fingerprint density at radius 1 is 0.667 bits per heavy atom. The second kappa shape index (κ2) is 5.92. The molecule has 3 aliphatic rings. The van der Waals surface area contributed by atoms with Crippen LogP contribution in [0.2, 0.25) is 0 Å². The van der Waals surface area contributed by atoms with Gasteiger partial charge in [0.05, 0.1) is 0 Å². The van der Waals surface area contributed by atoms with Gasteiger partial charge in [-0.05, 0) is 17.8 Å². The molecule has 3 rings (SSSR count). The van der Waals surface area contributed by atoms with Crippen LogP contribution in [0.1, 0.15) is 49.0 Å². The first kappa shape index (κ1) is 16.0. The average Bonchev–Trinajstić information content (AvgIpc) is 2.28. The third kappa shape index (κ3) is 2.75. The summed E-state index contributed by atoms with van der Waals surface area (Å²) in [5.74, 6) is 2.33. The minimum absolute atomic E-state index is 0. The van der Waals surface area contributed by atoms with Crippen molar-refractivity contribution in [1.82, 2.24) is 9.80 Å². The third-order valence-corrected chi connectivity index (χ3v) is 4.79. The van der Waals surface area contributed by atoms with Crippen molar-refractivity contribution in [3.8, 4) is 0 Å². The van der Waals surface area contributed by atoms with E-state index in [4.69, 9.17) is 0 Å². The highest BCUT2D eigenvalue weighted by molar-refractivity contribution is 5.02. The normalized spacial score (nSPS) is 39.5. The lowest BCUT2D eigenvalue weighted by Gasteiger charge is -2.60. The molecule has 3 fully saturated rings. The fourth-order valence-electron chi connectivity index (χ4n) is 3.70. The Morgan fingerprint density at radius 2 is 0.944 bits per heavy atom. The summed E-state index contributed by atoms with van der Waals surface area (Å²) in [6, 6.07) is 2.33. The van der Waals surface area contributed by atoms with E-state index in [1.165, 1.54) is 19.6 Å². The quantitative estimate of drug-likeness (QED) is 0.762. The molecule has 0 aromatic rings. The lowest BCUT2D eigenvalue weighted by atomic mass is 9.83. The van der Waals surface area contributed by atoms with Crippen molar-refractivity contribution in [2.45, 2.75) is 67.1 Å². The predicted molar refractivity (Wildman–Crippen MR) is 80.9 cm³/mol. The minimum Gasteiger partial charge on any atom is -0.299 e. The zero-order valence-electron chi connectivity index (χ0n) is 12.5. The van der Waals surface area contributed by atoms with Crippen molar-refractivity contribution >= 4 is 0 Å². The van der Waals surface area contributed by atoms with Crippen LogP contribution >= 0.6 is 0 Å². The Bertz CT molecular complexity index is 217. The zero-order chi connectivity index (χ0) is 12.7. The summed E-state index contributed by atoms with van der Waals surface area (Å²) in [4.78, 5) is 5.61. The van der Waals surface area contributed by atoms with Gasteiger partial charge in [0, 0.05) is 37.8 Å². The first-order valence-electron chi connectivity index (χ1n) is 7.41. The number of hydrogen-bond donors (Lipinski definition) is 0. The van der Waals surface area contributed by atoms with Crippen LogP contribution < -0.4 is 0 Å². The monoisotopic (exact) mass is 254 g/mol. The maximum atomic E-state index is 2.89. The number of piperazine rings is 3. The van der Waals surface area contributed by atoms with E-state index < -0.39 is 0 Å². The summed E-state index contributed by atoms with van der Waals surface area (Å²) in [5.41, 5.74) is 0. The standard InChI is InChI=1S/C15H30N2.CH4/c1-10(2)13-7-16-8-14(11(3)4)17(13)15(9-16)12(5)6;/h10-15H,7-9H2,1-6H3;1H4. The molecule has 0 radical (unpaired) electrons. The lowest BCUT2D eigenvalue weighted by molar-refractivity contribution is -0.114. The van der Waals surface area contributed by atoms with E-state index in [0.29, 0.717) is 0 Å². The van der Waals surface area contributed by atoms with Gasteiger partial charge in [-0.25, -0.2) is 0 Å². The van der Waals surface area contributed by atoms with Gasteiger partial charge in [-0.3, -0.25) is 9.80 Å². The van der Waals surface area contributed by atoms with Crippen LogP contribution in [0.5, 0.6) is 0 Å². The molecule has 3 heterocycles. The molecule has 2 nitrogen and oxygen atoms in total. The Balaban J connectivity index is 0.00000162. The van der Waals surface area contributed by atoms with Gasteiger partial charge in [0.1, 0.15) is 0 Å². The van der Waals surface area contributed by atoms with Crippen molar-refractivity contribution in [3.63, 3.8) is 0 Å². The summed E-state index contributed by atoms with van der Waals surface area (Å²) in [6.07, 6.45) is 0. The predicted octanol–water partition coefficient (Wildman–Crippen LogP) is 3.33. The molecule has 0 saturated carbocycles. The van der Waals surface area contributed by atoms with E-state index in [2.05, 4.69) is 51.3 Å². The van der Waals surface area contributed by atoms with Gasteiger partial charge in [-0.1, -0.05) is 49.0 Å². The number of nitrogens with zero attached hydrogens (tertiary/aromatic N) is 2. The third-order valence-electron chi connectivity index (χ3n) is 4.79. The van der Waals surface area contributed by atoms with E-state index in [-0.39, 0.29) is 7.43 Å². The van der Waals surface area contributed by atoms with Gasteiger partial charge in [0.2, 0.25) is 0 Å². The number of fused-ring (bicyclic) bond motifs is 3. The summed E-state index contributed by atoms with van der Waals surface area (Å²) < 4.78 is 0. The molecule has 0 amide bonds. The zero-order valence-corrected chi connectivity index (χ0v) is 12.5. The van der Waals surface area contributed by atoms with Crippen LogP contribution in [0.4, 0.5) is 0 Å². The van der Waals surface area contributed by atoms with Gasteiger partial charge in [-0.2, -0.15) is 0 Å². The molecule has 3 atom stereocenters. The highest BCUT2D eigenvalue weighted by Gasteiger charge is 2.46. The van der Waals surface area contributed by atoms with Crippen LogP contribution in [0, 0.1) is 17.8 Å². The molecule has 0 aliphatic carbocycles. The van der Waals surface area contributed by atoms with Crippen molar-refractivity contribution in [2.75, 3.05) is 19.6 Å². The molecule has 3 saturated heterocycles. The fourth-order valence-corrected chi connectivity index (χ4v) is 3.70. The number of rotatable bonds is 3. The second-order valence-electron chi connectivity index (χ2n) is 7.10. The van der Waals surface area contributed by atoms with Gasteiger partial charge in [0.25, 0.3) is 0 Å². The van der Waals surface area contributed by atoms with E-state index in [1.54, 1.807) is 0 Å². The maximum absolute atomic E-state index is 2.89. The number of hydrogen-bond acceptors (Lipinski definition) is 2. The van der Waals surface area contributed by atoms with Crippen LogP contribution in [-0.2, 0) is 0 Å². The van der Waals surface area contributed by atoms with Crippen molar-refractivity contribution in [1.29, 1.82) is 0 Å². The molecular weight excluding hydrogens is 220 g/mol. The Kier molecular flexibility index (Phi) is 5.25.